The Hall–Kier alpha value is -1.03. The number of halogens is 1. The van der Waals surface area contributed by atoms with E-state index in [1.165, 1.54) is 0 Å². The fraction of sp³-hybridized carbons (Fsp3) is 0.714. The molecule has 1 fully saturated rings. The van der Waals surface area contributed by atoms with Gasteiger partial charge in [0.15, 0.2) is 0 Å². The van der Waals surface area contributed by atoms with Gasteiger partial charge in [0.25, 0.3) is 0 Å². The van der Waals surface area contributed by atoms with Crippen LogP contribution in [0.15, 0.2) is 0 Å². The number of carbonyl (C=O) groups is 1. The average Bonchev–Trinajstić information content (AvgIpc) is 2.57. The van der Waals surface area contributed by atoms with Crippen LogP contribution in [0.25, 0.3) is 0 Å². The Morgan fingerprint density at radius 2 is 2.11 bits per heavy atom. The van der Waals surface area contributed by atoms with E-state index in [2.05, 4.69) is 5.10 Å². The van der Waals surface area contributed by atoms with E-state index in [4.69, 9.17) is 11.6 Å². The van der Waals surface area contributed by atoms with Gasteiger partial charge in [0, 0.05) is 12.6 Å². The molecule has 0 aliphatic heterocycles. The SMILES string of the molecule is Cc1nn(C)c(Cl)c1CC1CCCCCC1C(=O)O. The minimum atomic E-state index is -0.662. The van der Waals surface area contributed by atoms with Gasteiger partial charge in [0.2, 0.25) is 0 Å². The molecule has 0 aromatic carbocycles. The molecule has 1 aliphatic rings. The Labute approximate surface area is 118 Å². The first-order chi connectivity index (χ1) is 9.00. The fourth-order valence-electron chi connectivity index (χ4n) is 3.12. The average molecular weight is 285 g/mol. The van der Waals surface area contributed by atoms with Crippen molar-refractivity contribution in [1.29, 1.82) is 0 Å². The van der Waals surface area contributed by atoms with Crippen molar-refractivity contribution in [2.24, 2.45) is 18.9 Å². The van der Waals surface area contributed by atoms with Crippen molar-refractivity contribution in [3.8, 4) is 0 Å². The first kappa shape index (κ1) is 14.4. The molecular weight excluding hydrogens is 264 g/mol. The van der Waals surface area contributed by atoms with Gasteiger partial charge in [0.05, 0.1) is 11.6 Å². The summed E-state index contributed by atoms with van der Waals surface area (Å²) in [6, 6.07) is 0. The van der Waals surface area contributed by atoms with Crippen LogP contribution >= 0.6 is 11.6 Å². The molecule has 106 valence electrons. The van der Waals surface area contributed by atoms with Crippen LogP contribution in [0.5, 0.6) is 0 Å². The third-order valence-corrected chi connectivity index (χ3v) is 4.69. The Kier molecular flexibility index (Phi) is 4.50. The summed E-state index contributed by atoms with van der Waals surface area (Å²) in [7, 11) is 1.82. The fourth-order valence-corrected chi connectivity index (χ4v) is 3.37. The van der Waals surface area contributed by atoms with Gasteiger partial charge in [-0.1, -0.05) is 30.9 Å². The molecular formula is C14H21ClN2O2. The van der Waals surface area contributed by atoms with E-state index >= 15 is 0 Å². The Morgan fingerprint density at radius 3 is 2.68 bits per heavy atom. The highest BCUT2D eigenvalue weighted by Crippen LogP contribution is 2.34. The van der Waals surface area contributed by atoms with E-state index in [1.54, 1.807) is 4.68 Å². The van der Waals surface area contributed by atoms with E-state index in [1.807, 2.05) is 14.0 Å². The van der Waals surface area contributed by atoms with E-state index in [-0.39, 0.29) is 11.8 Å². The zero-order chi connectivity index (χ0) is 14.0. The molecule has 1 aromatic rings. The quantitative estimate of drug-likeness (QED) is 0.867. The molecule has 19 heavy (non-hydrogen) atoms. The minimum absolute atomic E-state index is 0.181. The van der Waals surface area contributed by atoms with E-state index < -0.39 is 5.97 Å². The van der Waals surface area contributed by atoms with Crippen LogP contribution < -0.4 is 0 Å². The molecule has 1 N–H and O–H groups in total. The molecule has 0 radical (unpaired) electrons. The third kappa shape index (κ3) is 3.11. The van der Waals surface area contributed by atoms with Crippen LogP contribution in [0.2, 0.25) is 5.15 Å². The summed E-state index contributed by atoms with van der Waals surface area (Å²) >= 11 is 6.25. The van der Waals surface area contributed by atoms with Crippen LogP contribution in [0, 0.1) is 18.8 Å². The van der Waals surface area contributed by atoms with Crippen LogP contribution in [-0.4, -0.2) is 20.9 Å². The Bertz CT molecular complexity index is 470. The number of hydrogen-bond acceptors (Lipinski definition) is 2. The van der Waals surface area contributed by atoms with Gasteiger partial charge in [-0.2, -0.15) is 5.10 Å². The van der Waals surface area contributed by atoms with Crippen molar-refractivity contribution in [2.45, 2.75) is 45.4 Å². The second-order valence-electron chi connectivity index (χ2n) is 5.53. The molecule has 0 saturated heterocycles. The highest BCUT2D eigenvalue weighted by atomic mass is 35.5. The summed E-state index contributed by atoms with van der Waals surface area (Å²) in [5.41, 5.74) is 1.93. The summed E-state index contributed by atoms with van der Waals surface area (Å²) in [6.45, 7) is 1.94. The smallest absolute Gasteiger partial charge is 0.306 e. The standard InChI is InChI=1S/C14H21ClN2O2/c1-9-12(13(15)17(2)16-9)8-10-6-4-3-5-7-11(10)14(18)19/h10-11H,3-8H2,1-2H3,(H,18,19). The normalized spacial score (nSPS) is 24.2. The van der Waals surface area contributed by atoms with Crippen LogP contribution in [0.3, 0.4) is 0 Å². The number of nitrogens with zero attached hydrogens (tertiary/aromatic N) is 2. The van der Waals surface area contributed by atoms with Gasteiger partial charge < -0.3 is 5.11 Å². The van der Waals surface area contributed by atoms with Gasteiger partial charge in [-0.05, 0) is 32.1 Å². The molecule has 1 aliphatic carbocycles. The second kappa shape index (κ2) is 5.95. The molecule has 0 spiro atoms. The number of carboxylic acids is 1. The number of carboxylic acid groups (broad SMARTS) is 1. The number of aryl methyl sites for hydroxylation is 2. The number of hydrogen-bond donors (Lipinski definition) is 1. The topological polar surface area (TPSA) is 55.1 Å². The molecule has 4 nitrogen and oxygen atoms in total. The maximum atomic E-state index is 11.4. The van der Waals surface area contributed by atoms with E-state index in [0.29, 0.717) is 5.15 Å². The number of aliphatic carboxylic acids is 1. The first-order valence-corrected chi connectivity index (χ1v) is 7.29. The lowest BCUT2D eigenvalue weighted by molar-refractivity contribution is -0.143. The van der Waals surface area contributed by atoms with E-state index in [9.17, 15) is 9.90 Å². The molecule has 1 heterocycles. The molecule has 0 bridgehead atoms. The minimum Gasteiger partial charge on any atom is -0.481 e. The van der Waals surface area contributed by atoms with Gasteiger partial charge in [-0.25, -0.2) is 0 Å². The predicted octanol–water partition coefficient (Wildman–Crippen LogP) is 3.21. The highest BCUT2D eigenvalue weighted by Gasteiger charge is 2.31. The maximum absolute atomic E-state index is 11.4. The zero-order valence-corrected chi connectivity index (χ0v) is 12.3. The summed E-state index contributed by atoms with van der Waals surface area (Å²) in [5, 5.41) is 14.4. The molecule has 0 amide bonds. The van der Waals surface area contributed by atoms with Gasteiger partial charge in [-0.3, -0.25) is 9.48 Å². The van der Waals surface area contributed by atoms with Gasteiger partial charge >= 0.3 is 5.97 Å². The predicted molar refractivity (Wildman–Crippen MR) is 74.4 cm³/mol. The van der Waals surface area contributed by atoms with Gasteiger partial charge in [-0.15, -0.1) is 0 Å². The summed E-state index contributed by atoms with van der Waals surface area (Å²) in [6.07, 6.45) is 5.77. The molecule has 2 rings (SSSR count). The lowest BCUT2D eigenvalue weighted by atomic mass is 9.83. The van der Waals surface area contributed by atoms with Crippen molar-refractivity contribution >= 4 is 17.6 Å². The second-order valence-corrected chi connectivity index (χ2v) is 5.88. The lowest BCUT2D eigenvalue weighted by Crippen LogP contribution is -2.24. The van der Waals surface area contributed by atoms with Crippen LogP contribution in [0.1, 0.15) is 43.4 Å². The van der Waals surface area contributed by atoms with Crippen molar-refractivity contribution in [1.82, 2.24) is 9.78 Å². The summed E-state index contributed by atoms with van der Waals surface area (Å²) < 4.78 is 1.67. The number of rotatable bonds is 3. The van der Waals surface area contributed by atoms with Crippen molar-refractivity contribution in [3.05, 3.63) is 16.4 Å². The molecule has 1 saturated carbocycles. The van der Waals surface area contributed by atoms with Crippen LogP contribution in [0.4, 0.5) is 0 Å². The maximum Gasteiger partial charge on any atom is 0.306 e. The lowest BCUT2D eigenvalue weighted by Gasteiger charge is -2.21. The van der Waals surface area contributed by atoms with Crippen LogP contribution in [-0.2, 0) is 18.3 Å². The third-order valence-electron chi connectivity index (χ3n) is 4.21. The molecule has 5 heteroatoms. The molecule has 1 aromatic heterocycles. The van der Waals surface area contributed by atoms with Crippen molar-refractivity contribution < 1.29 is 9.90 Å². The Morgan fingerprint density at radius 1 is 1.42 bits per heavy atom. The Balaban J connectivity index is 2.21. The molecule has 2 atom stereocenters. The van der Waals surface area contributed by atoms with E-state index in [0.717, 1.165) is 49.8 Å². The van der Waals surface area contributed by atoms with Gasteiger partial charge in [0.1, 0.15) is 5.15 Å². The largest absolute Gasteiger partial charge is 0.481 e. The highest BCUT2D eigenvalue weighted by molar-refractivity contribution is 6.30. The monoisotopic (exact) mass is 284 g/mol. The summed E-state index contributed by atoms with van der Waals surface area (Å²) in [5.74, 6) is -0.719. The van der Waals surface area contributed by atoms with Crippen molar-refractivity contribution in [2.75, 3.05) is 0 Å². The molecule has 2 unspecified atom stereocenters. The first-order valence-electron chi connectivity index (χ1n) is 6.91. The zero-order valence-electron chi connectivity index (χ0n) is 11.5. The summed E-state index contributed by atoms with van der Waals surface area (Å²) in [4.78, 5) is 11.4. The number of aromatic nitrogens is 2. The van der Waals surface area contributed by atoms with Crippen molar-refractivity contribution in [3.63, 3.8) is 0 Å².